The fourth-order valence-corrected chi connectivity index (χ4v) is 5.52. The molecule has 10 nitrogen and oxygen atoms in total. The van der Waals surface area contributed by atoms with E-state index in [-0.39, 0.29) is 11.7 Å². The number of ketones is 1. The first-order valence-electron chi connectivity index (χ1n) is 12.7. The second kappa shape index (κ2) is 9.88. The van der Waals surface area contributed by atoms with Crippen LogP contribution in [-0.2, 0) is 0 Å². The fourth-order valence-electron chi connectivity index (χ4n) is 4.59. The number of anilines is 1. The predicted molar refractivity (Wildman–Crippen MR) is 158 cm³/mol. The normalized spacial score (nSPS) is 11.2. The standard InChI is InChI=1S/C30H20N8O2S/c1-16(39)24-7-8-25(41-24)20-9-10-32-28-26(20)35-29(36-28)27-21-12-22(33-15-23(21)37-38-27)18-11-19(14-31-13-18)34-30(40)17-5-3-2-4-6-17/h2-15H,1H3,(H,34,40)(H,37,38)(H,32,35,36). The van der Waals surface area contributed by atoms with E-state index in [1.54, 1.807) is 43.8 Å². The van der Waals surface area contributed by atoms with Gasteiger partial charge >= 0.3 is 0 Å². The van der Waals surface area contributed by atoms with E-state index in [4.69, 9.17) is 4.98 Å². The van der Waals surface area contributed by atoms with E-state index < -0.39 is 0 Å². The van der Waals surface area contributed by atoms with Crippen molar-refractivity contribution in [3.8, 4) is 33.2 Å². The highest BCUT2D eigenvalue weighted by molar-refractivity contribution is 7.17. The molecule has 11 heteroatoms. The molecule has 7 rings (SSSR count). The van der Waals surface area contributed by atoms with E-state index in [9.17, 15) is 9.59 Å². The minimum Gasteiger partial charge on any atom is -0.321 e. The number of benzene rings is 1. The molecule has 3 N–H and O–H groups in total. The Morgan fingerprint density at radius 3 is 2.66 bits per heavy atom. The largest absolute Gasteiger partial charge is 0.321 e. The molecule has 41 heavy (non-hydrogen) atoms. The highest BCUT2D eigenvalue weighted by Gasteiger charge is 2.18. The Morgan fingerprint density at radius 1 is 0.951 bits per heavy atom. The van der Waals surface area contributed by atoms with E-state index >= 15 is 0 Å². The van der Waals surface area contributed by atoms with E-state index in [0.29, 0.717) is 44.5 Å². The molecular weight excluding hydrogens is 536 g/mol. The molecule has 1 amide bonds. The number of rotatable bonds is 6. The Kier molecular flexibility index (Phi) is 5.90. The first-order chi connectivity index (χ1) is 20.0. The number of hydrogen-bond donors (Lipinski definition) is 3. The average Bonchev–Trinajstić information content (AvgIpc) is 3.75. The first-order valence-corrected chi connectivity index (χ1v) is 13.5. The SMILES string of the molecule is CC(=O)c1ccc(-c2ccnc3[nH]c(-c4n[nH]c5cnc(-c6cncc(NC(=O)c7ccccc7)c6)cc45)nc23)s1. The number of nitrogens with zero attached hydrogens (tertiary/aromatic N) is 5. The van der Waals surface area contributed by atoms with Crippen molar-refractivity contribution in [2.75, 3.05) is 5.32 Å². The molecule has 0 spiro atoms. The Balaban J connectivity index is 1.24. The van der Waals surface area contributed by atoms with Gasteiger partial charge in [-0.05, 0) is 49.4 Å². The van der Waals surface area contributed by atoms with Crippen LogP contribution in [0.5, 0.6) is 0 Å². The molecular formula is C30H20N8O2S. The molecule has 6 heterocycles. The Morgan fingerprint density at radius 2 is 1.83 bits per heavy atom. The van der Waals surface area contributed by atoms with Crippen molar-refractivity contribution in [1.29, 1.82) is 0 Å². The van der Waals surface area contributed by atoms with Gasteiger partial charge in [0, 0.05) is 39.3 Å². The third-order valence-corrected chi connectivity index (χ3v) is 7.82. The van der Waals surface area contributed by atoms with Gasteiger partial charge in [0.25, 0.3) is 5.91 Å². The maximum atomic E-state index is 12.6. The van der Waals surface area contributed by atoms with Crippen molar-refractivity contribution >= 4 is 50.8 Å². The number of fused-ring (bicyclic) bond motifs is 2. The molecule has 0 bridgehead atoms. The Labute approximate surface area is 236 Å². The molecule has 0 aliphatic heterocycles. The summed E-state index contributed by atoms with van der Waals surface area (Å²) in [5.74, 6) is 0.359. The maximum Gasteiger partial charge on any atom is 0.255 e. The molecule has 7 aromatic rings. The molecule has 198 valence electrons. The molecule has 0 fully saturated rings. The summed E-state index contributed by atoms with van der Waals surface area (Å²) in [6.45, 7) is 1.56. The number of H-pyrrole nitrogens is 2. The summed E-state index contributed by atoms with van der Waals surface area (Å²) in [6.07, 6.45) is 6.71. The van der Waals surface area contributed by atoms with E-state index in [0.717, 1.165) is 26.9 Å². The zero-order valence-electron chi connectivity index (χ0n) is 21.5. The van der Waals surface area contributed by atoms with Crippen LogP contribution in [0, 0.1) is 0 Å². The molecule has 1 aromatic carbocycles. The van der Waals surface area contributed by atoms with Crippen LogP contribution in [0.1, 0.15) is 27.0 Å². The summed E-state index contributed by atoms with van der Waals surface area (Å²) >= 11 is 1.43. The number of nitrogens with one attached hydrogen (secondary N) is 3. The minimum absolute atomic E-state index is 0.0287. The van der Waals surface area contributed by atoms with Gasteiger partial charge in [0.15, 0.2) is 17.3 Å². The summed E-state index contributed by atoms with van der Waals surface area (Å²) in [5.41, 5.74) is 6.06. The quantitative estimate of drug-likeness (QED) is 0.209. The van der Waals surface area contributed by atoms with Crippen LogP contribution in [0.3, 0.4) is 0 Å². The lowest BCUT2D eigenvalue weighted by atomic mass is 10.1. The molecule has 0 aliphatic carbocycles. The van der Waals surface area contributed by atoms with Crippen LogP contribution < -0.4 is 5.32 Å². The van der Waals surface area contributed by atoms with Gasteiger partial charge in [0.2, 0.25) is 0 Å². The van der Waals surface area contributed by atoms with Crippen LogP contribution in [-0.4, -0.2) is 46.8 Å². The highest BCUT2D eigenvalue weighted by atomic mass is 32.1. The van der Waals surface area contributed by atoms with E-state index in [1.165, 1.54) is 11.3 Å². The average molecular weight is 557 g/mol. The molecule has 6 aromatic heterocycles. The highest BCUT2D eigenvalue weighted by Crippen LogP contribution is 2.35. The molecule has 0 unspecified atom stereocenters. The van der Waals surface area contributed by atoms with Crippen LogP contribution in [0.4, 0.5) is 5.69 Å². The van der Waals surface area contributed by atoms with Gasteiger partial charge in [0.05, 0.1) is 34.2 Å². The van der Waals surface area contributed by atoms with Crippen molar-refractivity contribution in [2.45, 2.75) is 6.92 Å². The molecule has 0 saturated heterocycles. The zero-order valence-corrected chi connectivity index (χ0v) is 22.4. The third kappa shape index (κ3) is 4.53. The van der Waals surface area contributed by atoms with Gasteiger partial charge in [-0.1, -0.05) is 18.2 Å². The number of hydrogen-bond acceptors (Lipinski definition) is 8. The minimum atomic E-state index is -0.219. The summed E-state index contributed by atoms with van der Waals surface area (Å²) in [5, 5.41) is 11.2. The zero-order chi connectivity index (χ0) is 27.9. The van der Waals surface area contributed by atoms with Crippen LogP contribution in [0.25, 0.3) is 55.3 Å². The van der Waals surface area contributed by atoms with Crippen LogP contribution in [0.15, 0.2) is 85.5 Å². The number of imidazole rings is 1. The lowest BCUT2D eigenvalue weighted by molar-refractivity contribution is 0.101. The van der Waals surface area contributed by atoms with Gasteiger partial charge in [-0.15, -0.1) is 11.3 Å². The smallest absolute Gasteiger partial charge is 0.255 e. The van der Waals surface area contributed by atoms with Gasteiger partial charge in [-0.25, -0.2) is 9.97 Å². The van der Waals surface area contributed by atoms with Crippen LogP contribution >= 0.6 is 11.3 Å². The summed E-state index contributed by atoms with van der Waals surface area (Å²) in [4.78, 5) is 47.6. The van der Waals surface area contributed by atoms with E-state index in [2.05, 4.69) is 35.5 Å². The van der Waals surface area contributed by atoms with Crippen LogP contribution in [0.2, 0.25) is 0 Å². The number of amides is 1. The summed E-state index contributed by atoms with van der Waals surface area (Å²) < 4.78 is 0. The maximum absolute atomic E-state index is 12.6. The van der Waals surface area contributed by atoms with Crippen molar-refractivity contribution in [2.24, 2.45) is 0 Å². The molecule has 0 radical (unpaired) electrons. The number of aromatic nitrogens is 7. The van der Waals surface area contributed by atoms with Crippen molar-refractivity contribution in [3.63, 3.8) is 0 Å². The number of thiophene rings is 1. The first kappa shape index (κ1) is 24.5. The number of carbonyl (C=O) groups excluding carboxylic acids is 2. The van der Waals surface area contributed by atoms with E-state index in [1.807, 2.05) is 48.5 Å². The van der Waals surface area contributed by atoms with Crippen molar-refractivity contribution in [1.82, 2.24) is 35.1 Å². The lowest BCUT2D eigenvalue weighted by Crippen LogP contribution is -2.11. The molecule has 0 saturated carbocycles. The van der Waals surface area contributed by atoms with Gasteiger partial charge in [-0.3, -0.25) is 24.7 Å². The number of carbonyl (C=O) groups is 2. The second-order valence-electron chi connectivity index (χ2n) is 9.33. The van der Waals surface area contributed by atoms with Gasteiger partial charge in [0.1, 0.15) is 11.2 Å². The molecule has 0 aliphatic rings. The summed E-state index contributed by atoms with van der Waals surface area (Å²) in [7, 11) is 0. The summed E-state index contributed by atoms with van der Waals surface area (Å²) in [6, 6.07) is 18.4. The van der Waals surface area contributed by atoms with Crippen molar-refractivity contribution in [3.05, 3.63) is 95.9 Å². The van der Waals surface area contributed by atoms with Gasteiger partial charge < -0.3 is 10.3 Å². The number of aromatic amines is 2. The molecule has 0 atom stereocenters. The number of pyridine rings is 3. The monoisotopic (exact) mass is 556 g/mol. The topological polar surface area (TPSA) is 142 Å². The fraction of sp³-hybridized carbons (Fsp3) is 0.0333. The third-order valence-electron chi connectivity index (χ3n) is 6.60. The van der Waals surface area contributed by atoms with Crippen molar-refractivity contribution < 1.29 is 9.59 Å². The Hall–Kier alpha value is -5.55. The number of Topliss-reactive ketones (excluding diaryl/α,β-unsaturated/α-hetero) is 1. The van der Waals surface area contributed by atoms with Gasteiger partial charge in [-0.2, -0.15) is 5.10 Å². The predicted octanol–water partition coefficient (Wildman–Crippen LogP) is 6.14. The Bertz CT molecular complexity index is 2090. The second-order valence-corrected chi connectivity index (χ2v) is 10.4. The lowest BCUT2D eigenvalue weighted by Gasteiger charge is -2.07.